The maximum atomic E-state index is 11.8. The molecule has 2 unspecified atom stereocenters. The topological polar surface area (TPSA) is 76.8 Å². The van der Waals surface area contributed by atoms with Gasteiger partial charge in [0.2, 0.25) is 5.91 Å². The Morgan fingerprint density at radius 2 is 2.00 bits per heavy atom. The molecule has 0 aromatic heterocycles. The van der Waals surface area contributed by atoms with E-state index in [4.69, 9.17) is 15.2 Å². The fraction of sp³-hybridized carbons (Fsp3) is 0.889. The second kappa shape index (κ2) is 4.89. The number of nitrogens with one attached hydrogen (secondary N) is 1. The van der Waals surface area contributed by atoms with E-state index < -0.39 is 0 Å². The summed E-state index contributed by atoms with van der Waals surface area (Å²) < 4.78 is 10.3. The fourth-order valence-electron chi connectivity index (χ4n) is 1.75. The van der Waals surface area contributed by atoms with Gasteiger partial charge in [-0.15, -0.1) is 0 Å². The van der Waals surface area contributed by atoms with Gasteiger partial charge < -0.3 is 15.2 Å². The molecule has 0 saturated carbocycles. The quantitative estimate of drug-likeness (QED) is 0.575. The summed E-state index contributed by atoms with van der Waals surface area (Å²) in [5.74, 6) is -0.255. The van der Waals surface area contributed by atoms with Gasteiger partial charge in [0.1, 0.15) is 0 Å². The highest BCUT2D eigenvalue weighted by Crippen LogP contribution is 2.11. The minimum absolute atomic E-state index is 0.0399. The van der Waals surface area contributed by atoms with Gasteiger partial charge in [0.25, 0.3) is 0 Å². The summed E-state index contributed by atoms with van der Waals surface area (Å²) in [6.45, 7) is 3.68. The van der Waals surface area contributed by atoms with Crippen LogP contribution in [0.4, 0.5) is 0 Å². The van der Waals surface area contributed by atoms with Gasteiger partial charge in [0.15, 0.2) is 0 Å². The lowest BCUT2D eigenvalue weighted by Crippen LogP contribution is -2.52. The maximum Gasteiger partial charge on any atom is 0.241 e. The zero-order valence-electron chi connectivity index (χ0n) is 8.65. The minimum atomic E-state index is -0.215. The van der Waals surface area contributed by atoms with Crippen molar-refractivity contribution in [3.05, 3.63) is 0 Å². The molecule has 2 aliphatic rings. The van der Waals surface area contributed by atoms with Gasteiger partial charge in [-0.25, -0.2) is 5.01 Å². The number of carbonyl (C=O) groups excluding carboxylic acids is 1. The van der Waals surface area contributed by atoms with Crippen molar-refractivity contribution in [2.24, 2.45) is 11.7 Å². The predicted octanol–water partition coefficient (Wildman–Crippen LogP) is -1.68. The maximum absolute atomic E-state index is 11.8. The number of hydrogen-bond acceptors (Lipinski definition) is 5. The summed E-state index contributed by atoms with van der Waals surface area (Å²) in [5.41, 5.74) is 8.60. The summed E-state index contributed by atoms with van der Waals surface area (Å²) in [6.07, 6.45) is 0. The summed E-state index contributed by atoms with van der Waals surface area (Å²) in [5, 5.41) is 1.87. The third kappa shape index (κ3) is 2.66. The Bertz CT molecular complexity index is 231. The van der Waals surface area contributed by atoms with E-state index in [1.54, 1.807) is 0 Å². The van der Waals surface area contributed by atoms with Crippen LogP contribution in [-0.4, -0.2) is 56.5 Å². The van der Waals surface area contributed by atoms with E-state index in [0.29, 0.717) is 26.4 Å². The van der Waals surface area contributed by atoms with Crippen molar-refractivity contribution in [3.8, 4) is 0 Å². The molecular formula is C9H17N3O3. The molecule has 2 rings (SSSR count). The number of nitrogens with zero attached hydrogens (tertiary/aromatic N) is 1. The molecule has 3 N–H and O–H groups in total. The molecule has 2 aliphatic heterocycles. The number of carbonyl (C=O) groups is 1. The molecule has 86 valence electrons. The standard InChI is InChI=1S/C9H17N3O3/c10-8-6-15-5-7(8)9(13)11-12-1-3-14-4-2-12/h7-8H,1-6,10H2,(H,11,13). The van der Waals surface area contributed by atoms with Crippen LogP contribution in [-0.2, 0) is 14.3 Å². The van der Waals surface area contributed by atoms with Crippen LogP contribution in [0, 0.1) is 5.92 Å². The summed E-state index contributed by atoms with van der Waals surface area (Å²) in [7, 11) is 0. The smallest absolute Gasteiger partial charge is 0.241 e. The van der Waals surface area contributed by atoms with Crippen molar-refractivity contribution in [3.63, 3.8) is 0 Å². The Morgan fingerprint density at radius 3 is 2.60 bits per heavy atom. The molecule has 2 fully saturated rings. The zero-order valence-corrected chi connectivity index (χ0v) is 8.65. The summed E-state index contributed by atoms with van der Waals surface area (Å²) >= 11 is 0. The van der Waals surface area contributed by atoms with Crippen LogP contribution in [0.2, 0.25) is 0 Å². The lowest BCUT2D eigenvalue weighted by molar-refractivity contribution is -0.132. The molecule has 0 radical (unpaired) electrons. The number of hydrogen-bond donors (Lipinski definition) is 2. The molecule has 0 bridgehead atoms. The first-order valence-electron chi connectivity index (χ1n) is 5.24. The average Bonchev–Trinajstić information content (AvgIpc) is 2.66. The van der Waals surface area contributed by atoms with Crippen molar-refractivity contribution >= 4 is 5.91 Å². The SMILES string of the molecule is NC1COCC1C(=O)NN1CCOCC1. The molecule has 2 saturated heterocycles. The van der Waals surface area contributed by atoms with E-state index >= 15 is 0 Å². The molecule has 2 heterocycles. The van der Waals surface area contributed by atoms with E-state index in [1.165, 1.54) is 0 Å². The van der Waals surface area contributed by atoms with E-state index in [1.807, 2.05) is 5.01 Å². The second-order valence-electron chi connectivity index (χ2n) is 3.88. The zero-order chi connectivity index (χ0) is 10.7. The van der Waals surface area contributed by atoms with E-state index in [-0.39, 0.29) is 17.9 Å². The fourth-order valence-corrected chi connectivity index (χ4v) is 1.75. The van der Waals surface area contributed by atoms with Crippen LogP contribution in [0.3, 0.4) is 0 Å². The minimum Gasteiger partial charge on any atom is -0.379 e. The number of hydrazine groups is 1. The van der Waals surface area contributed by atoms with Gasteiger partial charge in [-0.05, 0) is 0 Å². The van der Waals surface area contributed by atoms with Crippen LogP contribution in [0.1, 0.15) is 0 Å². The molecule has 6 nitrogen and oxygen atoms in total. The highest BCUT2D eigenvalue weighted by atomic mass is 16.5. The van der Waals surface area contributed by atoms with E-state index in [2.05, 4.69) is 5.43 Å². The first kappa shape index (κ1) is 10.8. The van der Waals surface area contributed by atoms with Gasteiger partial charge in [-0.3, -0.25) is 10.2 Å². The molecule has 0 aromatic rings. The molecule has 6 heteroatoms. The molecule has 1 amide bonds. The largest absolute Gasteiger partial charge is 0.379 e. The Morgan fingerprint density at radius 1 is 1.27 bits per heavy atom. The molecule has 0 aromatic carbocycles. The summed E-state index contributed by atoms with van der Waals surface area (Å²) in [6, 6.07) is -0.175. The lowest BCUT2D eigenvalue weighted by atomic mass is 10.0. The monoisotopic (exact) mass is 215 g/mol. The van der Waals surface area contributed by atoms with Crippen molar-refractivity contribution in [1.82, 2.24) is 10.4 Å². The Labute approximate surface area is 88.7 Å². The van der Waals surface area contributed by atoms with Crippen LogP contribution >= 0.6 is 0 Å². The number of amides is 1. The van der Waals surface area contributed by atoms with Gasteiger partial charge in [0, 0.05) is 19.1 Å². The number of morpholine rings is 1. The first-order valence-corrected chi connectivity index (χ1v) is 5.24. The van der Waals surface area contributed by atoms with Crippen molar-refractivity contribution in [2.45, 2.75) is 6.04 Å². The van der Waals surface area contributed by atoms with Crippen LogP contribution in [0.25, 0.3) is 0 Å². The Balaban J connectivity index is 1.80. The normalized spacial score (nSPS) is 32.9. The highest BCUT2D eigenvalue weighted by Gasteiger charge is 2.32. The predicted molar refractivity (Wildman–Crippen MR) is 52.8 cm³/mol. The second-order valence-corrected chi connectivity index (χ2v) is 3.88. The molecule has 0 aliphatic carbocycles. The Kier molecular flexibility index (Phi) is 3.53. The third-order valence-electron chi connectivity index (χ3n) is 2.74. The lowest BCUT2D eigenvalue weighted by Gasteiger charge is -2.28. The highest BCUT2D eigenvalue weighted by molar-refractivity contribution is 5.79. The number of rotatable bonds is 2. The van der Waals surface area contributed by atoms with Gasteiger partial charge in [-0.1, -0.05) is 0 Å². The molecule has 0 spiro atoms. The molecule has 2 atom stereocenters. The first-order chi connectivity index (χ1) is 7.27. The van der Waals surface area contributed by atoms with E-state index in [9.17, 15) is 4.79 Å². The van der Waals surface area contributed by atoms with Gasteiger partial charge in [0.05, 0.1) is 32.3 Å². The molecular weight excluding hydrogens is 198 g/mol. The van der Waals surface area contributed by atoms with Crippen molar-refractivity contribution in [2.75, 3.05) is 39.5 Å². The third-order valence-corrected chi connectivity index (χ3v) is 2.74. The van der Waals surface area contributed by atoms with E-state index in [0.717, 1.165) is 13.1 Å². The summed E-state index contributed by atoms with van der Waals surface area (Å²) in [4.78, 5) is 11.8. The van der Waals surface area contributed by atoms with Gasteiger partial charge >= 0.3 is 0 Å². The average molecular weight is 215 g/mol. The molecule has 15 heavy (non-hydrogen) atoms. The van der Waals surface area contributed by atoms with Crippen molar-refractivity contribution in [1.29, 1.82) is 0 Å². The number of ether oxygens (including phenoxy) is 2. The van der Waals surface area contributed by atoms with Crippen LogP contribution < -0.4 is 11.2 Å². The van der Waals surface area contributed by atoms with Crippen LogP contribution in [0.15, 0.2) is 0 Å². The van der Waals surface area contributed by atoms with Gasteiger partial charge in [-0.2, -0.15) is 0 Å². The van der Waals surface area contributed by atoms with Crippen molar-refractivity contribution < 1.29 is 14.3 Å². The Hall–Kier alpha value is -0.690. The van der Waals surface area contributed by atoms with Crippen LogP contribution in [0.5, 0.6) is 0 Å². The number of nitrogens with two attached hydrogens (primary N) is 1.